The van der Waals surface area contributed by atoms with Crippen LogP contribution in [0.5, 0.6) is 0 Å². The van der Waals surface area contributed by atoms with Gasteiger partial charge in [0.1, 0.15) is 28.0 Å². The van der Waals surface area contributed by atoms with Crippen molar-refractivity contribution in [2.75, 3.05) is 5.32 Å². The Bertz CT molecular complexity index is 1410. The number of aromatic nitrogens is 3. The average Bonchev–Trinajstić information content (AvgIpc) is 3.40. The number of pyridine rings is 1. The number of hydrogen-bond acceptors (Lipinski definition) is 4. The molecule has 0 saturated carbocycles. The molecule has 0 unspecified atom stereocenters. The Morgan fingerprint density at radius 2 is 1.78 bits per heavy atom. The minimum Gasteiger partial charge on any atom is -0.310 e. The monoisotopic (exact) mass is 442 g/mol. The quantitative estimate of drug-likeness (QED) is 0.377. The molecule has 0 aliphatic heterocycles. The molecule has 158 valence electrons. The number of aryl methyl sites for hydroxylation is 1. The number of hydrogen-bond donors (Lipinski definition) is 1. The Morgan fingerprint density at radius 1 is 1.00 bits per heavy atom. The fraction of sp³-hybridized carbons (Fsp3) is 0.0800. The molecule has 2 aromatic carbocycles. The molecular weight excluding hydrogens is 423 g/mol. The molecule has 0 radical (unpaired) electrons. The Kier molecular flexibility index (Phi) is 5.25. The van der Waals surface area contributed by atoms with E-state index in [2.05, 4.69) is 10.3 Å². The van der Waals surface area contributed by atoms with E-state index in [4.69, 9.17) is 4.98 Å². The zero-order valence-electron chi connectivity index (χ0n) is 17.2. The van der Waals surface area contributed by atoms with E-state index < -0.39 is 0 Å². The molecule has 5 nitrogen and oxygen atoms in total. The molecule has 1 N–H and O–H groups in total. The number of carbonyl (C=O) groups excluding carboxylic acids is 1. The van der Waals surface area contributed by atoms with Crippen LogP contribution in [0.15, 0.2) is 78.3 Å². The molecule has 3 aromatic heterocycles. The maximum Gasteiger partial charge on any atom is 0.231 e. The van der Waals surface area contributed by atoms with E-state index in [9.17, 15) is 9.18 Å². The third-order valence-electron chi connectivity index (χ3n) is 5.06. The first-order valence-corrected chi connectivity index (χ1v) is 11.0. The zero-order valence-corrected chi connectivity index (χ0v) is 18.1. The Balaban J connectivity index is 1.42. The van der Waals surface area contributed by atoms with Crippen molar-refractivity contribution in [3.05, 3.63) is 95.4 Å². The summed E-state index contributed by atoms with van der Waals surface area (Å²) in [5, 5.41) is 5.65. The van der Waals surface area contributed by atoms with Crippen molar-refractivity contribution in [1.29, 1.82) is 0 Å². The molecule has 0 aliphatic carbocycles. The molecule has 5 rings (SSSR count). The zero-order chi connectivity index (χ0) is 22.1. The summed E-state index contributed by atoms with van der Waals surface area (Å²) in [5.41, 5.74) is 4.96. The summed E-state index contributed by atoms with van der Waals surface area (Å²) in [6, 6.07) is 19.9. The second-order valence-electron chi connectivity index (χ2n) is 7.49. The summed E-state index contributed by atoms with van der Waals surface area (Å²) in [6.45, 7) is 2.00. The largest absolute Gasteiger partial charge is 0.310 e. The summed E-state index contributed by atoms with van der Waals surface area (Å²) >= 11 is 1.43. The van der Waals surface area contributed by atoms with Gasteiger partial charge in [0.25, 0.3) is 0 Å². The predicted octanol–water partition coefficient (Wildman–Crippen LogP) is 5.75. The Labute approximate surface area is 188 Å². The average molecular weight is 443 g/mol. The van der Waals surface area contributed by atoms with Gasteiger partial charge in [0.2, 0.25) is 5.91 Å². The van der Waals surface area contributed by atoms with Gasteiger partial charge in [-0.05, 0) is 42.8 Å². The predicted molar refractivity (Wildman–Crippen MR) is 125 cm³/mol. The number of amides is 1. The molecule has 1 amide bonds. The van der Waals surface area contributed by atoms with Gasteiger partial charge in [-0.3, -0.25) is 9.20 Å². The molecule has 0 spiro atoms. The van der Waals surface area contributed by atoms with Crippen LogP contribution in [0.4, 0.5) is 10.2 Å². The van der Waals surface area contributed by atoms with Crippen molar-refractivity contribution < 1.29 is 9.18 Å². The fourth-order valence-corrected chi connectivity index (χ4v) is 4.35. The first-order valence-electron chi connectivity index (χ1n) is 10.1. The van der Waals surface area contributed by atoms with E-state index in [-0.39, 0.29) is 18.1 Å². The number of thiazole rings is 1. The van der Waals surface area contributed by atoms with Crippen LogP contribution in [0.3, 0.4) is 0 Å². The van der Waals surface area contributed by atoms with E-state index in [1.165, 1.54) is 23.5 Å². The van der Waals surface area contributed by atoms with Crippen LogP contribution in [0.2, 0.25) is 0 Å². The molecule has 3 heterocycles. The van der Waals surface area contributed by atoms with Crippen molar-refractivity contribution in [2.24, 2.45) is 0 Å². The van der Waals surface area contributed by atoms with Crippen molar-refractivity contribution in [1.82, 2.24) is 14.4 Å². The number of nitrogens with one attached hydrogen (secondary N) is 1. The lowest BCUT2D eigenvalue weighted by Gasteiger charge is -2.08. The van der Waals surface area contributed by atoms with Gasteiger partial charge in [0, 0.05) is 22.7 Å². The van der Waals surface area contributed by atoms with Crippen LogP contribution in [-0.2, 0) is 11.2 Å². The summed E-state index contributed by atoms with van der Waals surface area (Å²) in [7, 11) is 0. The molecule has 0 aliphatic rings. The number of imidazole rings is 1. The summed E-state index contributed by atoms with van der Waals surface area (Å²) in [6.07, 6.45) is 2.09. The SMILES string of the molecule is Cc1ccc2nc(-c3ccccc3)c(NC(=O)Cc3csc(-c4ccc(F)cc4)n3)n2c1. The van der Waals surface area contributed by atoms with Crippen molar-refractivity contribution in [3.8, 4) is 21.8 Å². The lowest BCUT2D eigenvalue weighted by atomic mass is 10.1. The normalized spacial score (nSPS) is 11.1. The third kappa shape index (κ3) is 4.02. The van der Waals surface area contributed by atoms with Gasteiger partial charge in [-0.25, -0.2) is 14.4 Å². The Hall–Kier alpha value is -3.84. The lowest BCUT2D eigenvalue weighted by molar-refractivity contribution is -0.115. The van der Waals surface area contributed by atoms with Crippen LogP contribution in [-0.4, -0.2) is 20.3 Å². The summed E-state index contributed by atoms with van der Waals surface area (Å²) in [4.78, 5) is 22.2. The van der Waals surface area contributed by atoms with Gasteiger partial charge in [0.05, 0.1) is 12.1 Å². The first kappa shape index (κ1) is 20.1. The molecule has 5 aromatic rings. The number of anilines is 1. The van der Waals surface area contributed by atoms with E-state index in [0.717, 1.165) is 33.0 Å². The summed E-state index contributed by atoms with van der Waals surface area (Å²) < 4.78 is 15.1. The highest BCUT2D eigenvalue weighted by Gasteiger charge is 2.17. The second kappa shape index (κ2) is 8.36. The highest BCUT2D eigenvalue weighted by molar-refractivity contribution is 7.13. The highest BCUT2D eigenvalue weighted by atomic mass is 32.1. The molecular formula is C25H19FN4OS. The van der Waals surface area contributed by atoms with Crippen molar-refractivity contribution >= 4 is 28.7 Å². The minimum atomic E-state index is -0.289. The van der Waals surface area contributed by atoms with E-state index in [0.29, 0.717) is 11.5 Å². The standard InChI is InChI=1S/C25H19FN4OS/c1-16-7-12-21-28-23(17-5-3-2-4-6-17)24(30(21)14-16)29-22(31)13-20-15-32-25(27-20)18-8-10-19(26)11-9-18/h2-12,14-15H,13H2,1H3,(H,29,31). The van der Waals surface area contributed by atoms with Crippen LogP contribution in [0, 0.1) is 12.7 Å². The third-order valence-corrected chi connectivity index (χ3v) is 6.00. The number of fused-ring (bicyclic) bond motifs is 1. The number of benzene rings is 2. The number of carbonyl (C=O) groups is 1. The van der Waals surface area contributed by atoms with Crippen LogP contribution < -0.4 is 5.32 Å². The molecule has 7 heteroatoms. The van der Waals surface area contributed by atoms with Gasteiger partial charge < -0.3 is 5.32 Å². The fourth-order valence-electron chi connectivity index (χ4n) is 3.52. The van der Waals surface area contributed by atoms with Gasteiger partial charge in [-0.1, -0.05) is 36.4 Å². The topological polar surface area (TPSA) is 59.3 Å². The molecule has 32 heavy (non-hydrogen) atoms. The van der Waals surface area contributed by atoms with E-state index in [1.807, 2.05) is 65.4 Å². The second-order valence-corrected chi connectivity index (χ2v) is 8.34. The van der Waals surface area contributed by atoms with Crippen LogP contribution in [0.1, 0.15) is 11.3 Å². The number of nitrogens with zero attached hydrogens (tertiary/aromatic N) is 3. The smallest absolute Gasteiger partial charge is 0.231 e. The Morgan fingerprint density at radius 3 is 2.56 bits per heavy atom. The number of rotatable bonds is 5. The highest BCUT2D eigenvalue weighted by Crippen LogP contribution is 2.29. The van der Waals surface area contributed by atoms with Gasteiger partial charge in [-0.2, -0.15) is 0 Å². The maximum atomic E-state index is 13.2. The lowest BCUT2D eigenvalue weighted by Crippen LogP contribution is -2.16. The van der Waals surface area contributed by atoms with Gasteiger partial charge >= 0.3 is 0 Å². The maximum absolute atomic E-state index is 13.2. The first-order chi connectivity index (χ1) is 15.6. The molecule has 0 fully saturated rings. The minimum absolute atomic E-state index is 0.130. The van der Waals surface area contributed by atoms with E-state index >= 15 is 0 Å². The molecule has 0 saturated heterocycles. The van der Waals surface area contributed by atoms with Crippen LogP contribution in [0.25, 0.3) is 27.5 Å². The molecule has 0 bridgehead atoms. The summed E-state index contributed by atoms with van der Waals surface area (Å²) in [5.74, 6) is 0.165. The van der Waals surface area contributed by atoms with Crippen molar-refractivity contribution in [3.63, 3.8) is 0 Å². The molecule has 0 atom stereocenters. The van der Waals surface area contributed by atoms with Gasteiger partial charge in [0.15, 0.2) is 0 Å². The van der Waals surface area contributed by atoms with Gasteiger partial charge in [-0.15, -0.1) is 11.3 Å². The van der Waals surface area contributed by atoms with E-state index in [1.54, 1.807) is 12.1 Å². The number of halogens is 1. The van der Waals surface area contributed by atoms with Crippen LogP contribution >= 0.6 is 11.3 Å². The van der Waals surface area contributed by atoms with Crippen molar-refractivity contribution in [2.45, 2.75) is 13.3 Å².